The van der Waals surface area contributed by atoms with E-state index < -0.39 is 0 Å². The van der Waals surface area contributed by atoms with Crippen LogP contribution in [-0.4, -0.2) is 36.6 Å². The van der Waals surface area contributed by atoms with Crippen LogP contribution in [0.5, 0.6) is 0 Å². The minimum Gasteiger partial charge on any atom is -0.312 e. The third-order valence-corrected chi connectivity index (χ3v) is 4.36. The number of hydrogen-bond donors (Lipinski definition) is 1. The van der Waals surface area contributed by atoms with E-state index in [0.717, 1.165) is 12.0 Å². The quantitative estimate of drug-likeness (QED) is 0.776. The molecule has 0 aromatic heterocycles. The summed E-state index contributed by atoms with van der Waals surface area (Å²) in [7, 11) is 0. The van der Waals surface area contributed by atoms with Gasteiger partial charge in [0.05, 0.1) is 0 Å². The fraction of sp³-hybridized carbons (Fsp3) is 1.00. The zero-order chi connectivity index (χ0) is 11.4. The van der Waals surface area contributed by atoms with Gasteiger partial charge in [0, 0.05) is 18.6 Å². The van der Waals surface area contributed by atoms with E-state index >= 15 is 0 Å². The molecule has 1 atom stereocenters. The molecule has 2 rings (SSSR count). The van der Waals surface area contributed by atoms with Crippen molar-refractivity contribution < 1.29 is 0 Å². The number of nitrogens with one attached hydrogen (secondary N) is 1. The summed E-state index contributed by atoms with van der Waals surface area (Å²) in [6.45, 7) is 8.51. The standard InChI is InChI=1S/C14H28N2/c1-12(2)14-11-16(10-6-9-15-14)13-7-4-3-5-8-13/h12-15H,3-11H2,1-2H3. The van der Waals surface area contributed by atoms with E-state index in [1.807, 2.05) is 0 Å². The highest BCUT2D eigenvalue weighted by molar-refractivity contribution is 4.84. The summed E-state index contributed by atoms with van der Waals surface area (Å²) < 4.78 is 0. The van der Waals surface area contributed by atoms with Crippen molar-refractivity contribution in [3.63, 3.8) is 0 Å². The summed E-state index contributed by atoms with van der Waals surface area (Å²) in [5.74, 6) is 0.768. The van der Waals surface area contributed by atoms with E-state index in [9.17, 15) is 0 Å². The smallest absolute Gasteiger partial charge is 0.0218 e. The molecule has 1 N–H and O–H groups in total. The molecule has 1 aliphatic carbocycles. The largest absolute Gasteiger partial charge is 0.312 e. The van der Waals surface area contributed by atoms with Gasteiger partial charge in [0.25, 0.3) is 0 Å². The highest BCUT2D eigenvalue weighted by atomic mass is 15.2. The molecule has 2 aliphatic rings. The van der Waals surface area contributed by atoms with E-state index in [2.05, 4.69) is 24.1 Å². The Morgan fingerprint density at radius 2 is 1.81 bits per heavy atom. The Kier molecular flexibility index (Phi) is 4.66. The maximum absolute atomic E-state index is 3.71. The molecule has 2 nitrogen and oxygen atoms in total. The van der Waals surface area contributed by atoms with Crippen molar-refractivity contribution in [2.45, 2.75) is 64.5 Å². The maximum atomic E-state index is 3.71. The molecule has 0 bridgehead atoms. The average molecular weight is 224 g/mol. The molecular weight excluding hydrogens is 196 g/mol. The zero-order valence-electron chi connectivity index (χ0n) is 11.0. The van der Waals surface area contributed by atoms with Gasteiger partial charge in [0.15, 0.2) is 0 Å². The maximum Gasteiger partial charge on any atom is 0.0218 e. The van der Waals surface area contributed by atoms with Crippen molar-refractivity contribution in [2.75, 3.05) is 19.6 Å². The third kappa shape index (κ3) is 3.21. The van der Waals surface area contributed by atoms with Crippen LogP contribution in [0.25, 0.3) is 0 Å². The van der Waals surface area contributed by atoms with E-state index in [1.54, 1.807) is 0 Å². The Balaban J connectivity index is 1.91. The van der Waals surface area contributed by atoms with Gasteiger partial charge in [-0.15, -0.1) is 0 Å². The fourth-order valence-electron chi connectivity index (χ4n) is 3.20. The van der Waals surface area contributed by atoms with Gasteiger partial charge in [0.2, 0.25) is 0 Å². The summed E-state index contributed by atoms with van der Waals surface area (Å²) in [5, 5.41) is 3.71. The number of nitrogens with zero attached hydrogens (tertiary/aromatic N) is 1. The molecule has 1 saturated heterocycles. The lowest BCUT2D eigenvalue weighted by Crippen LogP contribution is -2.45. The van der Waals surface area contributed by atoms with Crippen LogP contribution in [-0.2, 0) is 0 Å². The third-order valence-electron chi connectivity index (χ3n) is 4.36. The molecule has 2 fully saturated rings. The summed E-state index contributed by atoms with van der Waals surface area (Å²) in [4.78, 5) is 2.78. The Morgan fingerprint density at radius 3 is 2.50 bits per heavy atom. The van der Waals surface area contributed by atoms with Crippen LogP contribution in [0.2, 0.25) is 0 Å². The van der Waals surface area contributed by atoms with Crippen molar-refractivity contribution >= 4 is 0 Å². The van der Waals surface area contributed by atoms with Gasteiger partial charge in [-0.25, -0.2) is 0 Å². The predicted molar refractivity (Wildman–Crippen MR) is 69.7 cm³/mol. The lowest BCUT2D eigenvalue weighted by atomic mass is 9.93. The summed E-state index contributed by atoms with van der Waals surface area (Å²) in [6.07, 6.45) is 8.62. The molecule has 0 spiro atoms. The van der Waals surface area contributed by atoms with Gasteiger partial charge < -0.3 is 5.32 Å². The summed E-state index contributed by atoms with van der Waals surface area (Å²) in [5.41, 5.74) is 0. The van der Waals surface area contributed by atoms with Gasteiger partial charge in [-0.3, -0.25) is 4.90 Å². The van der Waals surface area contributed by atoms with Crippen molar-refractivity contribution in [3.8, 4) is 0 Å². The highest BCUT2D eigenvalue weighted by Crippen LogP contribution is 2.24. The van der Waals surface area contributed by atoms with Gasteiger partial charge in [-0.2, -0.15) is 0 Å². The molecule has 1 saturated carbocycles. The SMILES string of the molecule is CC(C)C1CN(C2CCCCC2)CCCN1. The van der Waals surface area contributed by atoms with Crippen molar-refractivity contribution in [3.05, 3.63) is 0 Å². The van der Waals surface area contributed by atoms with Gasteiger partial charge >= 0.3 is 0 Å². The number of hydrogen-bond acceptors (Lipinski definition) is 2. The summed E-state index contributed by atoms with van der Waals surface area (Å²) in [6, 6.07) is 1.61. The van der Waals surface area contributed by atoms with Crippen molar-refractivity contribution in [1.29, 1.82) is 0 Å². The molecule has 1 unspecified atom stereocenters. The first kappa shape index (κ1) is 12.4. The predicted octanol–water partition coefficient (Wildman–Crippen LogP) is 2.64. The lowest BCUT2D eigenvalue weighted by molar-refractivity contribution is 0.145. The molecule has 0 aromatic rings. The van der Waals surface area contributed by atoms with Gasteiger partial charge in [-0.05, 0) is 38.3 Å². The Bertz CT molecular complexity index is 197. The topological polar surface area (TPSA) is 15.3 Å². The molecule has 1 heterocycles. The van der Waals surface area contributed by atoms with Crippen LogP contribution >= 0.6 is 0 Å². The van der Waals surface area contributed by atoms with E-state index in [4.69, 9.17) is 0 Å². The summed E-state index contributed by atoms with van der Waals surface area (Å²) >= 11 is 0. The molecule has 0 radical (unpaired) electrons. The first-order valence-electron chi connectivity index (χ1n) is 7.25. The second-order valence-corrected chi connectivity index (χ2v) is 5.94. The average Bonchev–Trinajstić information content (AvgIpc) is 2.56. The monoisotopic (exact) mass is 224 g/mol. The number of rotatable bonds is 2. The Hall–Kier alpha value is -0.0800. The molecule has 1 aliphatic heterocycles. The Labute approximate surface area is 101 Å². The Morgan fingerprint density at radius 1 is 1.06 bits per heavy atom. The van der Waals surface area contributed by atoms with Crippen LogP contribution < -0.4 is 5.32 Å². The van der Waals surface area contributed by atoms with Crippen LogP contribution in [0, 0.1) is 5.92 Å². The molecular formula is C14H28N2. The first-order chi connectivity index (χ1) is 7.77. The van der Waals surface area contributed by atoms with E-state index in [-0.39, 0.29) is 0 Å². The van der Waals surface area contributed by atoms with Crippen LogP contribution in [0.15, 0.2) is 0 Å². The van der Waals surface area contributed by atoms with Gasteiger partial charge in [0.1, 0.15) is 0 Å². The van der Waals surface area contributed by atoms with Gasteiger partial charge in [-0.1, -0.05) is 33.1 Å². The van der Waals surface area contributed by atoms with Crippen LogP contribution in [0.4, 0.5) is 0 Å². The molecule has 16 heavy (non-hydrogen) atoms. The first-order valence-corrected chi connectivity index (χ1v) is 7.25. The fourth-order valence-corrected chi connectivity index (χ4v) is 3.20. The molecule has 0 amide bonds. The molecule has 2 heteroatoms. The van der Waals surface area contributed by atoms with E-state index in [1.165, 1.54) is 58.2 Å². The van der Waals surface area contributed by atoms with Crippen LogP contribution in [0.1, 0.15) is 52.4 Å². The molecule has 0 aromatic carbocycles. The lowest BCUT2D eigenvalue weighted by Gasteiger charge is -2.35. The minimum atomic E-state index is 0.712. The van der Waals surface area contributed by atoms with E-state index in [0.29, 0.717) is 6.04 Å². The normalized spacial score (nSPS) is 30.6. The molecule has 94 valence electrons. The zero-order valence-corrected chi connectivity index (χ0v) is 11.0. The van der Waals surface area contributed by atoms with Crippen LogP contribution in [0.3, 0.4) is 0 Å². The highest BCUT2D eigenvalue weighted by Gasteiger charge is 2.26. The van der Waals surface area contributed by atoms with Crippen molar-refractivity contribution in [2.24, 2.45) is 5.92 Å². The second-order valence-electron chi connectivity index (χ2n) is 5.94. The second kappa shape index (κ2) is 6.02. The van der Waals surface area contributed by atoms with Crippen molar-refractivity contribution in [1.82, 2.24) is 10.2 Å². The minimum absolute atomic E-state index is 0.712.